The first-order valence-electron chi connectivity index (χ1n) is 7.78. The SMILES string of the molecule is Cc1ccc(S(=O)(=O)Nc2cc(C(=O)O)ccc2OCC(C)C)cc1. The third-order valence-electron chi connectivity index (χ3n) is 3.37. The fraction of sp³-hybridized carbons (Fsp3) is 0.278. The first-order valence-corrected chi connectivity index (χ1v) is 9.27. The summed E-state index contributed by atoms with van der Waals surface area (Å²) < 4.78 is 33.2. The minimum atomic E-state index is -3.86. The molecule has 25 heavy (non-hydrogen) atoms. The predicted molar refractivity (Wildman–Crippen MR) is 95.7 cm³/mol. The van der Waals surface area contributed by atoms with E-state index in [0.717, 1.165) is 5.56 Å². The number of sulfonamides is 1. The Morgan fingerprint density at radius 3 is 2.36 bits per heavy atom. The van der Waals surface area contributed by atoms with Crippen LogP contribution in [0.4, 0.5) is 5.69 Å². The van der Waals surface area contributed by atoms with Gasteiger partial charge in [0.05, 0.1) is 22.8 Å². The molecule has 0 amide bonds. The van der Waals surface area contributed by atoms with Gasteiger partial charge in [0, 0.05) is 0 Å². The molecule has 7 heteroatoms. The molecule has 0 spiro atoms. The van der Waals surface area contributed by atoms with Gasteiger partial charge in [0.1, 0.15) is 5.75 Å². The van der Waals surface area contributed by atoms with Crippen molar-refractivity contribution in [1.29, 1.82) is 0 Å². The van der Waals surface area contributed by atoms with E-state index in [2.05, 4.69) is 4.72 Å². The van der Waals surface area contributed by atoms with Gasteiger partial charge in [0.25, 0.3) is 10.0 Å². The number of carboxylic acids is 1. The van der Waals surface area contributed by atoms with Crippen LogP contribution in [0.3, 0.4) is 0 Å². The number of rotatable bonds is 7. The lowest BCUT2D eigenvalue weighted by Crippen LogP contribution is -2.15. The van der Waals surface area contributed by atoms with Crippen LogP contribution >= 0.6 is 0 Å². The van der Waals surface area contributed by atoms with Crippen molar-refractivity contribution in [3.63, 3.8) is 0 Å². The highest BCUT2D eigenvalue weighted by Gasteiger charge is 2.18. The molecule has 0 saturated carbocycles. The quantitative estimate of drug-likeness (QED) is 0.785. The maximum absolute atomic E-state index is 12.6. The van der Waals surface area contributed by atoms with E-state index in [1.54, 1.807) is 12.1 Å². The number of nitrogens with one attached hydrogen (secondary N) is 1. The van der Waals surface area contributed by atoms with Crippen LogP contribution in [-0.4, -0.2) is 26.1 Å². The molecule has 0 aromatic heterocycles. The average molecular weight is 363 g/mol. The number of hydrogen-bond donors (Lipinski definition) is 2. The molecule has 0 atom stereocenters. The Morgan fingerprint density at radius 2 is 1.80 bits per heavy atom. The maximum Gasteiger partial charge on any atom is 0.335 e. The van der Waals surface area contributed by atoms with E-state index in [1.807, 2.05) is 20.8 Å². The van der Waals surface area contributed by atoms with Crippen molar-refractivity contribution in [3.8, 4) is 5.75 Å². The van der Waals surface area contributed by atoms with Crippen LogP contribution in [0, 0.1) is 12.8 Å². The van der Waals surface area contributed by atoms with Gasteiger partial charge in [-0.2, -0.15) is 0 Å². The Balaban J connectivity index is 2.39. The Bertz CT molecular complexity index is 858. The molecule has 134 valence electrons. The third-order valence-corrected chi connectivity index (χ3v) is 4.76. The summed E-state index contributed by atoms with van der Waals surface area (Å²) in [5.41, 5.74) is 1.01. The summed E-state index contributed by atoms with van der Waals surface area (Å²) in [6, 6.07) is 10.5. The van der Waals surface area contributed by atoms with Gasteiger partial charge in [-0.15, -0.1) is 0 Å². The van der Waals surface area contributed by atoms with Gasteiger partial charge < -0.3 is 9.84 Å². The lowest BCUT2D eigenvalue weighted by molar-refractivity contribution is 0.0697. The van der Waals surface area contributed by atoms with Crippen molar-refractivity contribution in [3.05, 3.63) is 53.6 Å². The normalized spacial score (nSPS) is 11.4. The van der Waals surface area contributed by atoms with Crippen molar-refractivity contribution < 1.29 is 23.1 Å². The number of aryl methyl sites for hydroxylation is 1. The van der Waals surface area contributed by atoms with E-state index >= 15 is 0 Å². The molecule has 2 aromatic carbocycles. The number of hydrogen-bond acceptors (Lipinski definition) is 4. The van der Waals surface area contributed by atoms with E-state index in [1.165, 1.54) is 30.3 Å². The Labute approximate surface area is 147 Å². The first kappa shape index (κ1) is 18.8. The number of ether oxygens (including phenoxy) is 1. The van der Waals surface area contributed by atoms with Crippen LogP contribution in [0.5, 0.6) is 5.75 Å². The van der Waals surface area contributed by atoms with Crippen LogP contribution < -0.4 is 9.46 Å². The van der Waals surface area contributed by atoms with Crippen LogP contribution in [-0.2, 0) is 10.0 Å². The van der Waals surface area contributed by atoms with Crippen molar-refractivity contribution in [2.45, 2.75) is 25.7 Å². The van der Waals surface area contributed by atoms with Crippen molar-refractivity contribution >= 4 is 21.7 Å². The Morgan fingerprint density at radius 1 is 1.16 bits per heavy atom. The standard InChI is InChI=1S/C18H21NO5S/c1-12(2)11-24-17-9-6-14(18(20)21)10-16(17)19-25(22,23)15-7-4-13(3)5-8-15/h4-10,12,19H,11H2,1-3H3,(H,20,21). The van der Waals surface area contributed by atoms with Crippen LogP contribution in [0.1, 0.15) is 29.8 Å². The second-order valence-electron chi connectivity index (χ2n) is 6.14. The number of anilines is 1. The molecule has 0 fully saturated rings. The van der Waals surface area contributed by atoms with Gasteiger partial charge in [-0.05, 0) is 43.2 Å². The Hall–Kier alpha value is -2.54. The van der Waals surface area contributed by atoms with E-state index in [-0.39, 0.29) is 27.8 Å². The molecule has 0 saturated heterocycles. The number of benzene rings is 2. The Kier molecular flexibility index (Phi) is 5.69. The van der Waals surface area contributed by atoms with Crippen LogP contribution in [0.25, 0.3) is 0 Å². The van der Waals surface area contributed by atoms with Gasteiger partial charge in [-0.1, -0.05) is 31.5 Å². The molecule has 2 N–H and O–H groups in total. The van der Waals surface area contributed by atoms with Gasteiger partial charge in [0.2, 0.25) is 0 Å². The zero-order valence-corrected chi connectivity index (χ0v) is 15.1. The van der Waals surface area contributed by atoms with Gasteiger partial charge in [0.15, 0.2) is 0 Å². The number of carboxylic acid groups (broad SMARTS) is 1. The molecule has 2 aromatic rings. The first-order chi connectivity index (χ1) is 11.7. The van der Waals surface area contributed by atoms with Gasteiger partial charge >= 0.3 is 5.97 Å². The summed E-state index contributed by atoms with van der Waals surface area (Å²) in [7, 11) is -3.86. The lowest BCUT2D eigenvalue weighted by Gasteiger charge is -2.15. The zero-order valence-electron chi connectivity index (χ0n) is 14.3. The molecule has 0 heterocycles. The highest BCUT2D eigenvalue weighted by Crippen LogP contribution is 2.29. The minimum Gasteiger partial charge on any atom is -0.491 e. The predicted octanol–water partition coefficient (Wildman–Crippen LogP) is 3.53. The lowest BCUT2D eigenvalue weighted by atomic mass is 10.2. The largest absolute Gasteiger partial charge is 0.491 e. The highest BCUT2D eigenvalue weighted by molar-refractivity contribution is 7.92. The molecule has 0 unspecified atom stereocenters. The monoisotopic (exact) mass is 363 g/mol. The van der Waals surface area contributed by atoms with E-state index in [0.29, 0.717) is 6.61 Å². The maximum atomic E-state index is 12.6. The molecule has 2 rings (SSSR count). The third kappa shape index (κ3) is 4.96. The van der Waals surface area contributed by atoms with Crippen LogP contribution in [0.15, 0.2) is 47.4 Å². The summed E-state index contributed by atoms with van der Waals surface area (Å²) in [5, 5.41) is 9.15. The molecule has 0 aliphatic rings. The second-order valence-corrected chi connectivity index (χ2v) is 7.82. The second kappa shape index (κ2) is 7.57. The zero-order chi connectivity index (χ0) is 18.6. The molecule has 0 radical (unpaired) electrons. The molecule has 0 aliphatic carbocycles. The van der Waals surface area contributed by atoms with E-state index in [4.69, 9.17) is 9.84 Å². The molecule has 6 nitrogen and oxygen atoms in total. The molecule has 0 aliphatic heterocycles. The van der Waals surface area contributed by atoms with E-state index in [9.17, 15) is 13.2 Å². The minimum absolute atomic E-state index is 0.0292. The van der Waals surface area contributed by atoms with Crippen LogP contribution in [0.2, 0.25) is 0 Å². The summed E-state index contributed by atoms with van der Waals surface area (Å²) in [4.78, 5) is 11.3. The topological polar surface area (TPSA) is 92.7 Å². The fourth-order valence-electron chi connectivity index (χ4n) is 2.05. The van der Waals surface area contributed by atoms with Crippen molar-refractivity contribution in [2.75, 3.05) is 11.3 Å². The van der Waals surface area contributed by atoms with Gasteiger partial charge in [-0.3, -0.25) is 4.72 Å². The number of carbonyl (C=O) groups is 1. The van der Waals surface area contributed by atoms with Crippen molar-refractivity contribution in [2.24, 2.45) is 5.92 Å². The van der Waals surface area contributed by atoms with Gasteiger partial charge in [-0.25, -0.2) is 13.2 Å². The summed E-state index contributed by atoms with van der Waals surface area (Å²) in [6.45, 7) is 6.16. The molecule has 0 bridgehead atoms. The smallest absolute Gasteiger partial charge is 0.335 e. The van der Waals surface area contributed by atoms with Crippen molar-refractivity contribution in [1.82, 2.24) is 0 Å². The molecular weight excluding hydrogens is 342 g/mol. The summed E-state index contributed by atoms with van der Waals surface area (Å²) in [6.07, 6.45) is 0. The number of aromatic carboxylic acids is 1. The fourth-order valence-corrected chi connectivity index (χ4v) is 3.11. The summed E-state index contributed by atoms with van der Waals surface area (Å²) in [5.74, 6) is -0.624. The summed E-state index contributed by atoms with van der Waals surface area (Å²) >= 11 is 0. The highest BCUT2D eigenvalue weighted by atomic mass is 32.2. The van der Waals surface area contributed by atoms with E-state index < -0.39 is 16.0 Å². The average Bonchev–Trinajstić information content (AvgIpc) is 2.53. The molecular formula is C18H21NO5S.